The molecule has 1 aromatic rings. The first-order valence-electron chi connectivity index (χ1n) is 7.71. The molecule has 0 radical (unpaired) electrons. The standard InChI is InChI=1S/C14H24N4O2S/c1-3-9(4-2)12-17-18-14(21-12)16-13(20)15-10-5-7-11(19)8-6-10/h9-11,19H,3-8H2,1-2H3,(H2,15,16,18,20). The van der Waals surface area contributed by atoms with Gasteiger partial charge in [-0.3, -0.25) is 5.32 Å². The molecule has 0 aromatic carbocycles. The molecule has 0 spiro atoms. The van der Waals surface area contributed by atoms with Crippen molar-refractivity contribution in [2.75, 3.05) is 5.32 Å². The predicted molar refractivity (Wildman–Crippen MR) is 83.6 cm³/mol. The number of anilines is 1. The van der Waals surface area contributed by atoms with Crippen LogP contribution in [-0.2, 0) is 0 Å². The Morgan fingerprint density at radius 2 is 1.95 bits per heavy atom. The maximum atomic E-state index is 11.9. The molecule has 0 aliphatic heterocycles. The molecular formula is C14H24N4O2S. The summed E-state index contributed by atoms with van der Waals surface area (Å²) >= 11 is 1.45. The Hall–Kier alpha value is -1.21. The van der Waals surface area contributed by atoms with Crippen LogP contribution in [0, 0.1) is 0 Å². The van der Waals surface area contributed by atoms with Gasteiger partial charge < -0.3 is 10.4 Å². The largest absolute Gasteiger partial charge is 0.393 e. The number of hydrogen-bond donors (Lipinski definition) is 3. The van der Waals surface area contributed by atoms with Crippen LogP contribution in [0.15, 0.2) is 0 Å². The molecule has 0 unspecified atom stereocenters. The molecule has 1 aliphatic rings. The van der Waals surface area contributed by atoms with Gasteiger partial charge in [0.05, 0.1) is 6.10 Å². The van der Waals surface area contributed by atoms with Crippen molar-refractivity contribution in [3.8, 4) is 0 Å². The first kappa shape index (κ1) is 16.2. The predicted octanol–water partition coefficient (Wildman–Crippen LogP) is 2.87. The summed E-state index contributed by atoms with van der Waals surface area (Å²) in [5.74, 6) is 0.418. The van der Waals surface area contributed by atoms with E-state index in [9.17, 15) is 9.90 Å². The fourth-order valence-electron chi connectivity index (χ4n) is 2.63. The molecule has 2 rings (SSSR count). The summed E-state index contributed by atoms with van der Waals surface area (Å²) in [6.07, 6.45) is 5.00. The van der Waals surface area contributed by atoms with Crippen LogP contribution >= 0.6 is 11.3 Å². The fourth-order valence-corrected chi connectivity index (χ4v) is 3.63. The number of amides is 2. The van der Waals surface area contributed by atoms with Crippen LogP contribution in [0.1, 0.15) is 63.3 Å². The molecule has 0 saturated heterocycles. The average Bonchev–Trinajstić information content (AvgIpc) is 2.91. The lowest BCUT2D eigenvalue weighted by Gasteiger charge is -2.25. The molecule has 21 heavy (non-hydrogen) atoms. The number of carbonyl (C=O) groups excluding carboxylic acids is 1. The van der Waals surface area contributed by atoms with E-state index in [-0.39, 0.29) is 18.2 Å². The smallest absolute Gasteiger partial charge is 0.321 e. The van der Waals surface area contributed by atoms with Crippen LogP contribution < -0.4 is 10.6 Å². The number of carbonyl (C=O) groups is 1. The third-order valence-electron chi connectivity index (χ3n) is 4.03. The van der Waals surface area contributed by atoms with Gasteiger partial charge in [-0.05, 0) is 38.5 Å². The lowest BCUT2D eigenvalue weighted by molar-refractivity contribution is 0.118. The van der Waals surface area contributed by atoms with Crippen LogP contribution in [0.25, 0.3) is 0 Å². The van der Waals surface area contributed by atoms with E-state index in [1.54, 1.807) is 0 Å². The second kappa shape index (κ2) is 7.70. The third-order valence-corrected chi connectivity index (χ3v) is 5.03. The summed E-state index contributed by atoms with van der Waals surface area (Å²) in [6.45, 7) is 4.26. The Bertz CT molecular complexity index is 454. The van der Waals surface area contributed by atoms with Crippen molar-refractivity contribution in [1.82, 2.24) is 15.5 Å². The van der Waals surface area contributed by atoms with Gasteiger partial charge in [0, 0.05) is 12.0 Å². The lowest BCUT2D eigenvalue weighted by atomic mass is 9.93. The third kappa shape index (κ3) is 4.64. The van der Waals surface area contributed by atoms with Gasteiger partial charge >= 0.3 is 6.03 Å². The van der Waals surface area contributed by atoms with E-state index in [4.69, 9.17) is 0 Å². The van der Waals surface area contributed by atoms with E-state index in [0.29, 0.717) is 11.0 Å². The number of urea groups is 1. The summed E-state index contributed by atoms with van der Waals surface area (Å²) in [7, 11) is 0. The highest BCUT2D eigenvalue weighted by molar-refractivity contribution is 7.15. The molecule has 1 heterocycles. The maximum Gasteiger partial charge on any atom is 0.321 e. The Morgan fingerprint density at radius 1 is 1.29 bits per heavy atom. The first-order chi connectivity index (χ1) is 10.1. The van der Waals surface area contributed by atoms with Crippen LogP contribution in [0.2, 0.25) is 0 Å². The average molecular weight is 312 g/mol. The monoisotopic (exact) mass is 312 g/mol. The minimum absolute atomic E-state index is 0.139. The number of aliphatic hydroxyl groups is 1. The molecule has 7 heteroatoms. The van der Waals surface area contributed by atoms with Gasteiger partial charge in [-0.2, -0.15) is 0 Å². The van der Waals surface area contributed by atoms with E-state index >= 15 is 0 Å². The van der Waals surface area contributed by atoms with E-state index in [1.807, 2.05) is 0 Å². The quantitative estimate of drug-likeness (QED) is 0.780. The molecule has 1 aliphatic carbocycles. The molecule has 2 amide bonds. The highest BCUT2D eigenvalue weighted by Gasteiger charge is 2.21. The van der Waals surface area contributed by atoms with Crippen molar-refractivity contribution in [1.29, 1.82) is 0 Å². The van der Waals surface area contributed by atoms with Crippen molar-refractivity contribution >= 4 is 22.5 Å². The number of nitrogens with one attached hydrogen (secondary N) is 2. The minimum Gasteiger partial charge on any atom is -0.393 e. The SMILES string of the molecule is CCC(CC)c1nnc(NC(=O)NC2CCC(O)CC2)s1. The number of nitrogens with zero attached hydrogens (tertiary/aromatic N) is 2. The summed E-state index contributed by atoms with van der Waals surface area (Å²) in [4.78, 5) is 11.9. The van der Waals surface area contributed by atoms with Gasteiger partial charge in [-0.25, -0.2) is 4.79 Å². The molecular weight excluding hydrogens is 288 g/mol. The number of aliphatic hydroxyl groups excluding tert-OH is 1. The normalized spacial score (nSPS) is 22.3. The van der Waals surface area contributed by atoms with Crippen molar-refractivity contribution in [3.63, 3.8) is 0 Å². The van der Waals surface area contributed by atoms with E-state index < -0.39 is 0 Å². The lowest BCUT2D eigenvalue weighted by Crippen LogP contribution is -2.40. The molecule has 118 valence electrons. The van der Waals surface area contributed by atoms with Gasteiger partial charge in [-0.1, -0.05) is 25.2 Å². The topological polar surface area (TPSA) is 87.1 Å². The Kier molecular flexibility index (Phi) is 5.93. The molecule has 1 fully saturated rings. The number of aromatic nitrogens is 2. The van der Waals surface area contributed by atoms with Crippen molar-refractivity contribution in [3.05, 3.63) is 5.01 Å². The van der Waals surface area contributed by atoms with E-state index in [1.165, 1.54) is 11.3 Å². The van der Waals surface area contributed by atoms with Gasteiger partial charge in [0.15, 0.2) is 0 Å². The zero-order valence-electron chi connectivity index (χ0n) is 12.6. The highest BCUT2D eigenvalue weighted by Crippen LogP contribution is 2.28. The van der Waals surface area contributed by atoms with Gasteiger partial charge in [0.2, 0.25) is 5.13 Å². The van der Waals surface area contributed by atoms with Gasteiger partial charge in [0.1, 0.15) is 5.01 Å². The first-order valence-corrected chi connectivity index (χ1v) is 8.53. The second-order valence-corrected chi connectivity index (χ2v) is 6.57. The van der Waals surface area contributed by atoms with Crippen molar-refractivity contribution < 1.29 is 9.90 Å². The van der Waals surface area contributed by atoms with E-state index in [2.05, 4.69) is 34.7 Å². The zero-order chi connectivity index (χ0) is 15.2. The second-order valence-electron chi connectivity index (χ2n) is 5.56. The summed E-state index contributed by atoms with van der Waals surface area (Å²) in [5, 5.41) is 24.9. The van der Waals surface area contributed by atoms with Gasteiger partial charge in [-0.15, -0.1) is 10.2 Å². The van der Waals surface area contributed by atoms with Gasteiger partial charge in [0.25, 0.3) is 0 Å². The summed E-state index contributed by atoms with van der Waals surface area (Å²) in [5.41, 5.74) is 0. The molecule has 3 N–H and O–H groups in total. The van der Waals surface area contributed by atoms with Crippen LogP contribution in [0.5, 0.6) is 0 Å². The van der Waals surface area contributed by atoms with Crippen molar-refractivity contribution in [2.45, 2.75) is 70.4 Å². The Labute approximate surface area is 129 Å². The minimum atomic E-state index is -0.233. The molecule has 0 atom stereocenters. The fraction of sp³-hybridized carbons (Fsp3) is 0.786. The van der Waals surface area contributed by atoms with Crippen LogP contribution in [-0.4, -0.2) is 33.5 Å². The van der Waals surface area contributed by atoms with Crippen LogP contribution in [0.3, 0.4) is 0 Å². The van der Waals surface area contributed by atoms with Crippen LogP contribution in [0.4, 0.5) is 9.93 Å². The summed E-state index contributed by atoms with van der Waals surface area (Å²) in [6, 6.07) is -0.0940. The summed E-state index contributed by atoms with van der Waals surface area (Å²) < 4.78 is 0. The molecule has 0 bridgehead atoms. The maximum absolute atomic E-state index is 11.9. The van der Waals surface area contributed by atoms with Crippen molar-refractivity contribution in [2.24, 2.45) is 0 Å². The number of rotatable bonds is 5. The number of hydrogen-bond acceptors (Lipinski definition) is 5. The highest BCUT2D eigenvalue weighted by atomic mass is 32.1. The zero-order valence-corrected chi connectivity index (χ0v) is 13.4. The molecule has 6 nitrogen and oxygen atoms in total. The Morgan fingerprint density at radius 3 is 2.57 bits per heavy atom. The Balaban J connectivity index is 1.82. The van der Waals surface area contributed by atoms with E-state index in [0.717, 1.165) is 43.5 Å². The molecule has 1 saturated carbocycles. The molecule has 1 aromatic heterocycles.